The van der Waals surface area contributed by atoms with Crippen molar-refractivity contribution < 1.29 is 33.3 Å². The van der Waals surface area contributed by atoms with Crippen molar-refractivity contribution >= 4 is 5.97 Å². The standard InChI is InChI=1S/C11H12F2O5/c1-17-6-4-3-5(12)7(8(6)13)9(14)10(15)11(16)18-2/h3-4,9-10,14-15H,1-2H3. The predicted octanol–water partition coefficient (Wildman–Crippen LogP) is 0.541. The number of halogens is 2. The monoisotopic (exact) mass is 262 g/mol. The van der Waals surface area contributed by atoms with E-state index in [0.717, 1.165) is 26.4 Å². The fourth-order valence-electron chi connectivity index (χ4n) is 1.39. The second-order valence-electron chi connectivity index (χ2n) is 3.39. The van der Waals surface area contributed by atoms with E-state index in [2.05, 4.69) is 9.47 Å². The maximum atomic E-state index is 13.7. The van der Waals surface area contributed by atoms with E-state index in [1.807, 2.05) is 0 Å². The Hall–Kier alpha value is -1.73. The van der Waals surface area contributed by atoms with E-state index in [4.69, 9.17) is 0 Å². The summed E-state index contributed by atoms with van der Waals surface area (Å²) in [7, 11) is 2.12. The highest BCUT2D eigenvalue weighted by atomic mass is 19.1. The molecule has 1 aromatic rings. The first kappa shape index (κ1) is 14.3. The van der Waals surface area contributed by atoms with E-state index < -0.39 is 35.4 Å². The van der Waals surface area contributed by atoms with Gasteiger partial charge in [-0.15, -0.1) is 0 Å². The van der Waals surface area contributed by atoms with Gasteiger partial charge in [0.1, 0.15) is 11.9 Å². The van der Waals surface area contributed by atoms with Crippen molar-refractivity contribution in [3.8, 4) is 5.75 Å². The molecule has 2 N–H and O–H groups in total. The second kappa shape index (κ2) is 5.74. The molecule has 0 amide bonds. The average Bonchev–Trinajstić information content (AvgIpc) is 2.37. The highest BCUT2D eigenvalue weighted by Crippen LogP contribution is 2.29. The Morgan fingerprint density at radius 3 is 2.39 bits per heavy atom. The van der Waals surface area contributed by atoms with Crippen LogP contribution in [0, 0.1) is 11.6 Å². The largest absolute Gasteiger partial charge is 0.494 e. The van der Waals surface area contributed by atoms with Crippen molar-refractivity contribution in [2.75, 3.05) is 14.2 Å². The van der Waals surface area contributed by atoms with E-state index in [-0.39, 0.29) is 5.75 Å². The van der Waals surface area contributed by atoms with Gasteiger partial charge < -0.3 is 19.7 Å². The molecule has 0 aliphatic heterocycles. The van der Waals surface area contributed by atoms with Crippen LogP contribution in [0.25, 0.3) is 0 Å². The van der Waals surface area contributed by atoms with Crippen LogP contribution in [0.5, 0.6) is 5.75 Å². The number of esters is 1. The molecule has 0 bridgehead atoms. The van der Waals surface area contributed by atoms with Gasteiger partial charge in [0.15, 0.2) is 17.7 Å². The zero-order chi connectivity index (χ0) is 13.9. The van der Waals surface area contributed by atoms with Gasteiger partial charge in [-0.3, -0.25) is 0 Å². The summed E-state index contributed by atoms with van der Waals surface area (Å²) in [6, 6.07) is 1.87. The van der Waals surface area contributed by atoms with Crippen molar-refractivity contribution in [3.05, 3.63) is 29.3 Å². The zero-order valence-corrected chi connectivity index (χ0v) is 9.68. The van der Waals surface area contributed by atoms with E-state index in [0.29, 0.717) is 0 Å². The zero-order valence-electron chi connectivity index (χ0n) is 9.68. The third kappa shape index (κ3) is 2.57. The fraction of sp³-hybridized carbons (Fsp3) is 0.364. The lowest BCUT2D eigenvalue weighted by atomic mass is 10.0. The van der Waals surface area contributed by atoms with Crippen LogP contribution >= 0.6 is 0 Å². The van der Waals surface area contributed by atoms with Gasteiger partial charge in [-0.1, -0.05) is 0 Å². The third-order valence-electron chi connectivity index (χ3n) is 2.35. The number of methoxy groups -OCH3 is 2. The SMILES string of the molecule is COC(=O)C(O)C(O)c1c(F)ccc(OC)c1F. The van der Waals surface area contributed by atoms with Crippen LogP contribution in [0.3, 0.4) is 0 Å². The Morgan fingerprint density at radius 1 is 1.28 bits per heavy atom. The number of aliphatic hydroxyl groups is 2. The van der Waals surface area contributed by atoms with Crippen molar-refractivity contribution in [3.63, 3.8) is 0 Å². The lowest BCUT2D eigenvalue weighted by molar-refractivity contribution is -0.157. The molecule has 0 saturated carbocycles. The van der Waals surface area contributed by atoms with E-state index >= 15 is 0 Å². The van der Waals surface area contributed by atoms with Crippen molar-refractivity contribution in [2.24, 2.45) is 0 Å². The highest BCUT2D eigenvalue weighted by molar-refractivity contribution is 5.75. The summed E-state index contributed by atoms with van der Waals surface area (Å²) >= 11 is 0. The minimum absolute atomic E-state index is 0.317. The molecule has 1 aromatic carbocycles. The van der Waals surface area contributed by atoms with E-state index in [9.17, 15) is 23.8 Å². The summed E-state index contributed by atoms with van der Waals surface area (Å²) in [6.45, 7) is 0. The minimum atomic E-state index is -2.09. The third-order valence-corrected chi connectivity index (χ3v) is 2.35. The number of carbonyl (C=O) groups is 1. The van der Waals surface area contributed by atoms with Crippen molar-refractivity contribution in [1.29, 1.82) is 0 Å². The van der Waals surface area contributed by atoms with Crippen LogP contribution in [-0.2, 0) is 9.53 Å². The molecular weight excluding hydrogens is 250 g/mol. The molecular formula is C11H12F2O5. The summed E-state index contributed by atoms with van der Waals surface area (Å²) in [5, 5.41) is 18.9. The molecule has 100 valence electrons. The number of hydrogen-bond acceptors (Lipinski definition) is 5. The first-order valence-corrected chi connectivity index (χ1v) is 4.89. The molecule has 2 atom stereocenters. The molecule has 0 spiro atoms. The molecule has 0 heterocycles. The lowest BCUT2D eigenvalue weighted by Crippen LogP contribution is -2.30. The topological polar surface area (TPSA) is 76.0 Å². The van der Waals surface area contributed by atoms with Crippen LogP contribution in [0.2, 0.25) is 0 Å². The smallest absolute Gasteiger partial charge is 0.337 e. The number of hydrogen-bond donors (Lipinski definition) is 2. The molecule has 2 unspecified atom stereocenters. The molecule has 0 saturated heterocycles. The van der Waals surface area contributed by atoms with Crippen LogP contribution in [0.15, 0.2) is 12.1 Å². The van der Waals surface area contributed by atoms with Crippen molar-refractivity contribution in [2.45, 2.75) is 12.2 Å². The lowest BCUT2D eigenvalue weighted by Gasteiger charge is -2.18. The molecule has 0 fully saturated rings. The van der Waals surface area contributed by atoms with Crippen LogP contribution in [-0.4, -0.2) is 36.5 Å². The van der Waals surface area contributed by atoms with Gasteiger partial charge in [0.05, 0.1) is 19.8 Å². The highest BCUT2D eigenvalue weighted by Gasteiger charge is 2.32. The first-order valence-electron chi connectivity index (χ1n) is 4.89. The van der Waals surface area contributed by atoms with Gasteiger partial charge in [-0.25, -0.2) is 13.6 Å². The molecule has 1 rings (SSSR count). The summed E-state index contributed by atoms with van der Waals surface area (Å²) < 4.78 is 35.9. The van der Waals surface area contributed by atoms with Gasteiger partial charge in [0, 0.05) is 0 Å². The van der Waals surface area contributed by atoms with Crippen LogP contribution < -0.4 is 4.74 Å². The summed E-state index contributed by atoms with van der Waals surface area (Å²) in [5.74, 6) is -3.82. The number of benzene rings is 1. The number of aliphatic hydroxyl groups excluding tert-OH is 2. The molecule has 0 aliphatic carbocycles. The minimum Gasteiger partial charge on any atom is -0.494 e. The van der Waals surface area contributed by atoms with Gasteiger partial charge >= 0.3 is 5.97 Å². The van der Waals surface area contributed by atoms with Crippen LogP contribution in [0.4, 0.5) is 8.78 Å². The Labute approximate surface area is 102 Å². The summed E-state index contributed by atoms with van der Waals surface area (Å²) in [5.41, 5.74) is -0.854. The fourth-order valence-corrected chi connectivity index (χ4v) is 1.39. The quantitative estimate of drug-likeness (QED) is 0.774. The normalized spacial score (nSPS) is 13.9. The Bertz CT molecular complexity index is 449. The Balaban J connectivity index is 3.19. The molecule has 0 aromatic heterocycles. The second-order valence-corrected chi connectivity index (χ2v) is 3.39. The summed E-state index contributed by atoms with van der Waals surface area (Å²) in [6.07, 6.45) is -4.18. The Morgan fingerprint density at radius 2 is 1.89 bits per heavy atom. The molecule has 7 heteroatoms. The maximum absolute atomic E-state index is 13.7. The summed E-state index contributed by atoms with van der Waals surface area (Å²) in [4.78, 5) is 11.0. The number of ether oxygens (including phenoxy) is 2. The van der Waals surface area contributed by atoms with Gasteiger partial charge in [-0.05, 0) is 12.1 Å². The van der Waals surface area contributed by atoms with Crippen molar-refractivity contribution in [1.82, 2.24) is 0 Å². The maximum Gasteiger partial charge on any atom is 0.337 e. The van der Waals surface area contributed by atoms with Crippen LogP contribution in [0.1, 0.15) is 11.7 Å². The van der Waals surface area contributed by atoms with E-state index in [1.54, 1.807) is 0 Å². The molecule has 0 radical (unpaired) electrons. The Kier molecular flexibility index (Phi) is 4.57. The number of rotatable bonds is 4. The number of carbonyl (C=O) groups excluding carboxylic acids is 1. The van der Waals surface area contributed by atoms with Gasteiger partial charge in [0.25, 0.3) is 0 Å². The van der Waals surface area contributed by atoms with E-state index in [1.165, 1.54) is 0 Å². The average molecular weight is 262 g/mol. The molecule has 5 nitrogen and oxygen atoms in total. The first-order chi connectivity index (χ1) is 8.43. The van der Waals surface area contributed by atoms with Gasteiger partial charge in [-0.2, -0.15) is 0 Å². The molecule has 0 aliphatic rings. The predicted molar refractivity (Wildman–Crippen MR) is 55.9 cm³/mol. The van der Waals surface area contributed by atoms with Gasteiger partial charge in [0.2, 0.25) is 0 Å². The molecule has 18 heavy (non-hydrogen) atoms.